The molecule has 0 spiro atoms. The molecule has 136 valence electrons. The number of benzene rings is 2. The highest BCUT2D eigenvalue weighted by molar-refractivity contribution is 7.92. The summed E-state index contributed by atoms with van der Waals surface area (Å²) < 4.78 is 33.3. The first-order chi connectivity index (χ1) is 12.3. The van der Waals surface area contributed by atoms with E-state index in [1.165, 1.54) is 0 Å². The lowest BCUT2D eigenvalue weighted by atomic mass is 10.2. The molecule has 0 saturated carbocycles. The largest absolute Gasteiger partial charge is 0.489 e. The molecule has 3 rings (SSSR count). The molecule has 26 heavy (non-hydrogen) atoms. The van der Waals surface area contributed by atoms with Gasteiger partial charge < -0.3 is 4.74 Å². The van der Waals surface area contributed by atoms with Crippen molar-refractivity contribution in [2.75, 3.05) is 4.72 Å². The van der Waals surface area contributed by atoms with E-state index in [1.807, 2.05) is 12.1 Å². The first-order valence-electron chi connectivity index (χ1n) is 7.87. The van der Waals surface area contributed by atoms with Crippen LogP contribution in [0.4, 0.5) is 5.69 Å². The van der Waals surface area contributed by atoms with Crippen molar-refractivity contribution in [2.24, 2.45) is 0 Å². The van der Waals surface area contributed by atoms with Crippen molar-refractivity contribution in [3.05, 3.63) is 70.5 Å². The highest BCUT2D eigenvalue weighted by Crippen LogP contribution is 2.23. The summed E-state index contributed by atoms with van der Waals surface area (Å²) in [4.78, 5) is 0.167. The van der Waals surface area contributed by atoms with Crippen molar-refractivity contribution in [1.29, 1.82) is 0 Å². The number of nitrogens with one attached hydrogen (secondary N) is 2. The van der Waals surface area contributed by atoms with Gasteiger partial charge >= 0.3 is 0 Å². The zero-order valence-electron chi connectivity index (χ0n) is 14.3. The fraction of sp³-hybridized carbons (Fsp3) is 0.167. The Hall–Kier alpha value is -2.51. The number of anilines is 1. The third kappa shape index (κ3) is 4.17. The van der Waals surface area contributed by atoms with Gasteiger partial charge in [-0.1, -0.05) is 23.7 Å². The third-order valence-corrected chi connectivity index (χ3v) is 5.65. The van der Waals surface area contributed by atoms with E-state index in [2.05, 4.69) is 14.9 Å². The van der Waals surface area contributed by atoms with Gasteiger partial charge in [-0.25, -0.2) is 8.42 Å². The Kier molecular flexibility index (Phi) is 5.20. The van der Waals surface area contributed by atoms with Gasteiger partial charge in [-0.3, -0.25) is 9.82 Å². The molecule has 0 saturated heterocycles. The summed E-state index contributed by atoms with van der Waals surface area (Å²) in [6.07, 6.45) is 0. The Morgan fingerprint density at radius 3 is 2.31 bits per heavy atom. The Bertz CT molecular complexity index is 978. The molecule has 1 aromatic heterocycles. The molecule has 0 aliphatic carbocycles. The second kappa shape index (κ2) is 7.39. The van der Waals surface area contributed by atoms with E-state index < -0.39 is 10.0 Å². The van der Waals surface area contributed by atoms with Crippen molar-refractivity contribution in [3.8, 4) is 5.75 Å². The lowest BCUT2D eigenvalue weighted by Crippen LogP contribution is -2.14. The quantitative estimate of drug-likeness (QED) is 0.663. The van der Waals surface area contributed by atoms with E-state index in [0.29, 0.717) is 34.5 Å². The molecule has 0 aliphatic heterocycles. The van der Waals surface area contributed by atoms with Crippen LogP contribution in [-0.2, 0) is 16.6 Å². The van der Waals surface area contributed by atoms with Crippen molar-refractivity contribution >= 4 is 27.3 Å². The number of ether oxygens (including phenoxy) is 1. The summed E-state index contributed by atoms with van der Waals surface area (Å²) in [5.41, 5.74) is 2.37. The Morgan fingerprint density at radius 2 is 1.73 bits per heavy atom. The zero-order valence-corrected chi connectivity index (χ0v) is 15.9. The average Bonchev–Trinajstić information content (AvgIpc) is 2.95. The van der Waals surface area contributed by atoms with Crippen LogP contribution in [-0.4, -0.2) is 18.6 Å². The molecular formula is C18H18ClN3O3S. The van der Waals surface area contributed by atoms with Crippen LogP contribution in [0.3, 0.4) is 0 Å². The fourth-order valence-corrected chi connectivity index (χ4v) is 4.07. The minimum Gasteiger partial charge on any atom is -0.489 e. The van der Waals surface area contributed by atoms with Gasteiger partial charge in [-0.05, 0) is 55.8 Å². The molecule has 8 heteroatoms. The van der Waals surface area contributed by atoms with Crippen molar-refractivity contribution in [2.45, 2.75) is 25.3 Å². The summed E-state index contributed by atoms with van der Waals surface area (Å²) in [6.45, 7) is 3.71. The summed E-state index contributed by atoms with van der Waals surface area (Å²) in [7, 11) is -3.70. The van der Waals surface area contributed by atoms with Crippen LogP contribution in [0.5, 0.6) is 5.75 Å². The normalized spacial score (nSPS) is 11.3. The van der Waals surface area contributed by atoms with E-state index in [0.717, 1.165) is 5.56 Å². The molecule has 0 fully saturated rings. The molecule has 0 radical (unpaired) electrons. The zero-order chi connectivity index (χ0) is 18.7. The molecule has 0 atom stereocenters. The van der Waals surface area contributed by atoms with Gasteiger partial charge in [0.05, 0.1) is 11.4 Å². The van der Waals surface area contributed by atoms with Crippen molar-refractivity contribution in [3.63, 3.8) is 0 Å². The number of aromatic nitrogens is 2. The summed E-state index contributed by atoms with van der Waals surface area (Å²) in [5, 5.41) is 7.28. The molecular weight excluding hydrogens is 374 g/mol. The van der Waals surface area contributed by atoms with Gasteiger partial charge in [0.25, 0.3) is 10.0 Å². The van der Waals surface area contributed by atoms with Crippen LogP contribution in [0.15, 0.2) is 53.4 Å². The van der Waals surface area contributed by atoms with Gasteiger partial charge in [0.1, 0.15) is 17.3 Å². The molecule has 0 bridgehead atoms. The Labute approximate surface area is 157 Å². The summed E-state index contributed by atoms with van der Waals surface area (Å²) in [6, 6.07) is 14.1. The van der Waals surface area contributed by atoms with Gasteiger partial charge in [0, 0.05) is 10.7 Å². The summed E-state index contributed by atoms with van der Waals surface area (Å²) in [5.74, 6) is 0.638. The minimum atomic E-state index is -3.70. The molecule has 2 N–H and O–H groups in total. The standard InChI is InChI=1S/C18H18ClN3O3S/c1-12-18(13(2)21-20-12)26(23,24)22-16-7-9-17(10-8-16)25-11-14-3-5-15(19)6-4-14/h3-10,22H,11H2,1-2H3,(H,20,21). The fourth-order valence-electron chi connectivity index (χ4n) is 2.51. The number of rotatable bonds is 6. The maximum Gasteiger partial charge on any atom is 0.265 e. The SMILES string of the molecule is Cc1n[nH]c(C)c1S(=O)(=O)Nc1ccc(OCc2ccc(Cl)cc2)cc1. The number of halogens is 1. The number of hydrogen-bond acceptors (Lipinski definition) is 4. The van der Waals surface area contributed by atoms with Gasteiger partial charge in [-0.2, -0.15) is 5.10 Å². The minimum absolute atomic E-state index is 0.167. The molecule has 0 aliphatic rings. The van der Waals surface area contributed by atoms with Crippen molar-refractivity contribution in [1.82, 2.24) is 10.2 Å². The number of H-pyrrole nitrogens is 1. The lowest BCUT2D eigenvalue weighted by molar-refractivity contribution is 0.306. The van der Waals surface area contributed by atoms with E-state index >= 15 is 0 Å². The first kappa shape index (κ1) is 18.3. The molecule has 3 aromatic rings. The summed E-state index contributed by atoms with van der Waals surface area (Å²) >= 11 is 5.85. The van der Waals surface area contributed by atoms with Crippen LogP contribution >= 0.6 is 11.6 Å². The van der Waals surface area contributed by atoms with Crippen LogP contribution in [0.2, 0.25) is 5.02 Å². The van der Waals surface area contributed by atoms with E-state index in [1.54, 1.807) is 50.2 Å². The number of hydrogen-bond donors (Lipinski definition) is 2. The van der Waals surface area contributed by atoms with E-state index in [4.69, 9.17) is 16.3 Å². The van der Waals surface area contributed by atoms with Crippen LogP contribution in [0, 0.1) is 13.8 Å². The lowest BCUT2D eigenvalue weighted by Gasteiger charge is -2.10. The molecule has 2 aromatic carbocycles. The van der Waals surface area contributed by atoms with Gasteiger partial charge in [0.15, 0.2) is 0 Å². The predicted octanol–water partition coefficient (Wildman–Crippen LogP) is 4.06. The average molecular weight is 392 g/mol. The predicted molar refractivity (Wildman–Crippen MR) is 101 cm³/mol. The second-order valence-electron chi connectivity index (χ2n) is 5.81. The maximum atomic E-state index is 12.5. The van der Waals surface area contributed by atoms with E-state index in [9.17, 15) is 8.42 Å². The van der Waals surface area contributed by atoms with Gasteiger partial charge in [-0.15, -0.1) is 0 Å². The number of aryl methyl sites for hydroxylation is 2. The second-order valence-corrected chi connectivity index (χ2v) is 7.86. The van der Waals surface area contributed by atoms with Crippen LogP contribution in [0.1, 0.15) is 17.0 Å². The molecule has 6 nitrogen and oxygen atoms in total. The van der Waals surface area contributed by atoms with Gasteiger partial charge in [0.2, 0.25) is 0 Å². The Balaban J connectivity index is 1.67. The van der Waals surface area contributed by atoms with Crippen LogP contribution in [0.25, 0.3) is 0 Å². The smallest absolute Gasteiger partial charge is 0.265 e. The maximum absolute atomic E-state index is 12.5. The number of sulfonamides is 1. The van der Waals surface area contributed by atoms with Crippen LogP contribution < -0.4 is 9.46 Å². The third-order valence-electron chi connectivity index (χ3n) is 3.75. The van der Waals surface area contributed by atoms with Crippen molar-refractivity contribution < 1.29 is 13.2 Å². The highest BCUT2D eigenvalue weighted by Gasteiger charge is 2.22. The highest BCUT2D eigenvalue weighted by atomic mass is 35.5. The first-order valence-corrected chi connectivity index (χ1v) is 9.73. The topological polar surface area (TPSA) is 84.1 Å². The molecule has 0 amide bonds. The monoisotopic (exact) mass is 391 g/mol. The van der Waals surface area contributed by atoms with E-state index in [-0.39, 0.29) is 4.90 Å². The Morgan fingerprint density at radius 1 is 1.08 bits per heavy atom. The molecule has 1 heterocycles. The number of aromatic amines is 1. The molecule has 0 unspecified atom stereocenters. The number of nitrogens with zero attached hydrogens (tertiary/aromatic N) is 1.